The lowest BCUT2D eigenvalue weighted by Crippen LogP contribution is -2.40. The molecule has 39 heavy (non-hydrogen) atoms. The first kappa shape index (κ1) is 30.6. The molecule has 1 aliphatic heterocycles. The van der Waals surface area contributed by atoms with Crippen LogP contribution >= 0.6 is 0 Å². The molecule has 0 saturated carbocycles. The smallest absolute Gasteiger partial charge is 0.303 e. The van der Waals surface area contributed by atoms with E-state index in [1.54, 1.807) is 6.07 Å². The van der Waals surface area contributed by atoms with E-state index in [1.807, 2.05) is 24.3 Å². The first-order valence-corrected chi connectivity index (χ1v) is 15.4. The van der Waals surface area contributed by atoms with E-state index in [-0.39, 0.29) is 24.8 Å². The van der Waals surface area contributed by atoms with Crippen LogP contribution < -0.4 is 5.32 Å². The number of nitrogens with one attached hydrogen (secondary N) is 1. The maximum atomic E-state index is 13.1. The van der Waals surface area contributed by atoms with Crippen molar-refractivity contribution in [3.63, 3.8) is 0 Å². The second-order valence-corrected chi connectivity index (χ2v) is 11.0. The van der Waals surface area contributed by atoms with Crippen LogP contribution in [-0.4, -0.2) is 40.9 Å². The monoisotopic (exact) mass is 536 g/mol. The van der Waals surface area contributed by atoms with Crippen LogP contribution in [0.25, 0.3) is 10.8 Å². The molecule has 0 saturated heterocycles. The molecule has 0 atom stereocenters. The lowest BCUT2D eigenvalue weighted by molar-refractivity contribution is -0.137. The highest BCUT2D eigenvalue weighted by Gasteiger charge is 2.32. The van der Waals surface area contributed by atoms with E-state index in [0.29, 0.717) is 24.0 Å². The minimum atomic E-state index is -0.865. The number of carbonyl (C=O) groups is 3. The Balaban J connectivity index is 1.38. The van der Waals surface area contributed by atoms with Gasteiger partial charge in [0, 0.05) is 47.1 Å². The first-order chi connectivity index (χ1) is 19.0. The Hall–Kier alpha value is -2.89. The molecule has 2 amide bonds. The highest BCUT2D eigenvalue weighted by atomic mass is 16.4. The Morgan fingerprint density at radius 3 is 1.87 bits per heavy atom. The number of carboxylic acid groups (broad SMARTS) is 1. The molecule has 0 unspecified atom stereocenters. The molecule has 6 heteroatoms. The van der Waals surface area contributed by atoms with E-state index < -0.39 is 5.97 Å². The van der Waals surface area contributed by atoms with Crippen molar-refractivity contribution in [2.24, 2.45) is 0 Å². The van der Waals surface area contributed by atoms with E-state index >= 15 is 0 Å². The van der Waals surface area contributed by atoms with E-state index in [2.05, 4.69) is 12.2 Å². The van der Waals surface area contributed by atoms with Gasteiger partial charge >= 0.3 is 5.97 Å². The van der Waals surface area contributed by atoms with Gasteiger partial charge in [0.2, 0.25) is 0 Å². The van der Waals surface area contributed by atoms with Crippen molar-refractivity contribution in [2.45, 2.75) is 116 Å². The lowest BCUT2D eigenvalue weighted by Gasteiger charge is -2.28. The lowest BCUT2D eigenvalue weighted by atomic mass is 9.92. The quantitative estimate of drug-likeness (QED) is 0.123. The number of nitrogens with zero attached hydrogens (tertiary/aromatic N) is 1. The number of hydrogen-bond donors (Lipinski definition) is 2. The fourth-order valence-corrected chi connectivity index (χ4v) is 5.59. The fraction of sp³-hybridized carbons (Fsp3) is 0.606. The van der Waals surface area contributed by atoms with Crippen molar-refractivity contribution in [1.82, 2.24) is 4.90 Å². The van der Waals surface area contributed by atoms with E-state index in [4.69, 9.17) is 5.11 Å². The second-order valence-electron chi connectivity index (χ2n) is 11.0. The Morgan fingerprint density at radius 2 is 1.28 bits per heavy atom. The van der Waals surface area contributed by atoms with Crippen molar-refractivity contribution in [3.05, 3.63) is 41.5 Å². The molecular weight excluding hydrogens is 488 g/mol. The summed E-state index contributed by atoms with van der Waals surface area (Å²) in [6.07, 6.45) is 19.7. The molecule has 6 nitrogen and oxygen atoms in total. The van der Waals surface area contributed by atoms with Gasteiger partial charge in [0.1, 0.15) is 0 Å². The van der Waals surface area contributed by atoms with Crippen LogP contribution in [0.5, 0.6) is 0 Å². The third kappa shape index (κ3) is 9.36. The van der Waals surface area contributed by atoms with Crippen molar-refractivity contribution in [3.8, 4) is 0 Å². The molecule has 2 aromatic rings. The van der Waals surface area contributed by atoms with E-state index in [1.165, 1.54) is 88.4 Å². The highest BCUT2D eigenvalue weighted by molar-refractivity contribution is 6.26. The zero-order valence-corrected chi connectivity index (χ0v) is 23.9. The van der Waals surface area contributed by atoms with Gasteiger partial charge in [-0.1, -0.05) is 103 Å². The van der Waals surface area contributed by atoms with Crippen molar-refractivity contribution in [2.75, 3.05) is 18.4 Å². The number of carbonyl (C=O) groups excluding carboxylic acids is 2. The summed E-state index contributed by atoms with van der Waals surface area (Å²) in [4.78, 5) is 38.3. The van der Waals surface area contributed by atoms with Crippen LogP contribution in [0, 0.1) is 0 Å². The summed E-state index contributed by atoms with van der Waals surface area (Å²) in [6.45, 7) is 3.38. The molecular formula is C33H48N2O4. The number of unbranched alkanes of at least 4 members (excludes halogenated alkanes) is 14. The molecule has 0 aliphatic carbocycles. The van der Waals surface area contributed by atoms with Crippen LogP contribution in [0.3, 0.4) is 0 Å². The molecule has 2 aromatic carbocycles. The number of anilines is 1. The fourth-order valence-electron chi connectivity index (χ4n) is 5.59. The molecule has 3 rings (SSSR count). The van der Waals surface area contributed by atoms with Crippen LogP contribution in [0.15, 0.2) is 30.3 Å². The summed E-state index contributed by atoms with van der Waals surface area (Å²) in [5.74, 6) is -1.45. The highest BCUT2D eigenvalue weighted by Crippen LogP contribution is 2.34. The number of hydrogen-bond acceptors (Lipinski definition) is 4. The van der Waals surface area contributed by atoms with Crippen molar-refractivity contribution >= 4 is 34.2 Å². The summed E-state index contributed by atoms with van der Waals surface area (Å²) in [6, 6.07) is 9.39. The van der Waals surface area contributed by atoms with E-state index in [0.717, 1.165) is 29.4 Å². The number of rotatable bonds is 21. The number of amides is 2. The third-order valence-corrected chi connectivity index (χ3v) is 7.86. The average molecular weight is 537 g/mol. The Labute approximate surface area is 234 Å². The second kappa shape index (κ2) is 16.9. The Bertz CT molecular complexity index is 1060. The number of imide groups is 1. The molecule has 0 bridgehead atoms. The minimum absolute atomic E-state index is 0.0384. The summed E-state index contributed by atoms with van der Waals surface area (Å²) in [7, 11) is 0. The van der Waals surface area contributed by atoms with Crippen molar-refractivity contribution in [1.29, 1.82) is 0 Å². The molecule has 0 spiro atoms. The SMILES string of the molecule is CCCCCCCCCCCCCCCCNc1ccc2c3c(cccc13)C(=O)N(CCCCC(=O)O)C2=O. The van der Waals surface area contributed by atoms with Crippen LogP contribution in [0.1, 0.15) is 137 Å². The predicted molar refractivity (Wildman–Crippen MR) is 160 cm³/mol. The maximum Gasteiger partial charge on any atom is 0.303 e. The molecule has 0 aromatic heterocycles. The third-order valence-electron chi connectivity index (χ3n) is 7.86. The first-order valence-electron chi connectivity index (χ1n) is 15.4. The van der Waals surface area contributed by atoms with Crippen molar-refractivity contribution < 1.29 is 19.5 Å². The normalized spacial score (nSPS) is 12.9. The van der Waals surface area contributed by atoms with Gasteiger partial charge in [0.15, 0.2) is 0 Å². The Kier molecular flexibility index (Phi) is 13.3. The van der Waals surface area contributed by atoms with Gasteiger partial charge in [0.05, 0.1) is 0 Å². The largest absolute Gasteiger partial charge is 0.481 e. The van der Waals surface area contributed by atoms with Gasteiger partial charge in [-0.2, -0.15) is 0 Å². The summed E-state index contributed by atoms with van der Waals surface area (Å²) in [5.41, 5.74) is 2.04. The van der Waals surface area contributed by atoms with E-state index in [9.17, 15) is 14.4 Å². The predicted octanol–water partition coefficient (Wildman–Crippen LogP) is 8.58. The molecule has 214 valence electrons. The molecule has 0 radical (unpaired) electrons. The van der Waals surface area contributed by atoms with Gasteiger partial charge in [-0.05, 0) is 37.5 Å². The topological polar surface area (TPSA) is 86.7 Å². The maximum absolute atomic E-state index is 13.1. The van der Waals surface area contributed by atoms with Gasteiger partial charge < -0.3 is 10.4 Å². The molecule has 1 aliphatic rings. The van der Waals surface area contributed by atoms with Crippen LogP contribution in [0.2, 0.25) is 0 Å². The zero-order valence-electron chi connectivity index (χ0n) is 23.9. The number of carboxylic acids is 1. The van der Waals surface area contributed by atoms with Gasteiger partial charge in [0.25, 0.3) is 11.8 Å². The summed E-state index contributed by atoms with van der Waals surface area (Å²) in [5, 5.41) is 14.0. The van der Waals surface area contributed by atoms with Crippen LogP contribution in [-0.2, 0) is 4.79 Å². The molecule has 0 fully saturated rings. The van der Waals surface area contributed by atoms with Gasteiger partial charge in [-0.3, -0.25) is 19.3 Å². The summed E-state index contributed by atoms with van der Waals surface area (Å²) < 4.78 is 0. The number of aliphatic carboxylic acids is 1. The minimum Gasteiger partial charge on any atom is -0.481 e. The van der Waals surface area contributed by atoms with Crippen LogP contribution in [0.4, 0.5) is 5.69 Å². The zero-order chi connectivity index (χ0) is 27.9. The Morgan fingerprint density at radius 1 is 0.718 bits per heavy atom. The molecule has 2 N–H and O–H groups in total. The summed E-state index contributed by atoms with van der Waals surface area (Å²) >= 11 is 0. The molecule has 1 heterocycles. The standard InChI is InChI=1S/C33H48N2O4/c1-2-3-4-5-6-7-8-9-10-11-12-13-14-16-24-34-29-23-22-28-31-26(29)19-18-20-27(31)32(38)35(33(28)39)25-17-15-21-30(36)37/h18-20,22-23,34H,2-17,21,24-25H2,1H3,(H,36,37). The number of benzene rings is 2. The van der Waals surface area contributed by atoms with Gasteiger partial charge in [-0.25, -0.2) is 0 Å². The van der Waals surface area contributed by atoms with Gasteiger partial charge in [-0.15, -0.1) is 0 Å². The average Bonchev–Trinajstić information content (AvgIpc) is 2.93.